The van der Waals surface area contributed by atoms with E-state index in [0.29, 0.717) is 5.41 Å². The van der Waals surface area contributed by atoms with Gasteiger partial charge in [0.15, 0.2) is 0 Å². The molecule has 2 N–H and O–H groups in total. The lowest BCUT2D eigenvalue weighted by atomic mass is 9.85. The summed E-state index contributed by atoms with van der Waals surface area (Å²) in [5, 5.41) is 0. The fourth-order valence-electron chi connectivity index (χ4n) is 2.61. The summed E-state index contributed by atoms with van der Waals surface area (Å²) in [7, 11) is 2.26. The van der Waals surface area contributed by atoms with Crippen LogP contribution in [-0.4, -0.2) is 31.1 Å². The summed E-state index contributed by atoms with van der Waals surface area (Å²) in [4.78, 5) is 2.52. The highest BCUT2D eigenvalue weighted by atomic mass is 15.1. The van der Waals surface area contributed by atoms with Crippen LogP contribution in [0.15, 0.2) is 0 Å². The van der Waals surface area contributed by atoms with Gasteiger partial charge in [0.05, 0.1) is 0 Å². The van der Waals surface area contributed by atoms with Gasteiger partial charge in [-0.15, -0.1) is 0 Å². The van der Waals surface area contributed by atoms with Gasteiger partial charge >= 0.3 is 0 Å². The van der Waals surface area contributed by atoms with Gasteiger partial charge < -0.3 is 10.6 Å². The minimum absolute atomic E-state index is 0.573. The van der Waals surface area contributed by atoms with Gasteiger partial charge in [-0.05, 0) is 57.7 Å². The molecule has 1 fully saturated rings. The number of hydrogen-bond acceptors (Lipinski definition) is 2. The van der Waals surface area contributed by atoms with Crippen molar-refractivity contribution in [1.29, 1.82) is 0 Å². The summed E-state index contributed by atoms with van der Waals surface area (Å²) in [5.41, 5.74) is 6.13. The average Bonchev–Trinajstić information content (AvgIpc) is 2.36. The van der Waals surface area contributed by atoms with Crippen molar-refractivity contribution in [1.82, 2.24) is 4.90 Å². The first-order valence-corrected chi connectivity index (χ1v) is 6.45. The molecule has 0 heterocycles. The maximum Gasteiger partial charge on any atom is 0.00924 e. The van der Waals surface area contributed by atoms with E-state index in [1.165, 1.54) is 38.6 Å². The van der Waals surface area contributed by atoms with Gasteiger partial charge in [0.1, 0.15) is 0 Å². The van der Waals surface area contributed by atoms with E-state index in [1.807, 2.05) is 0 Å². The molecular weight excluding hydrogens is 184 g/mol. The molecule has 0 aliphatic heterocycles. The van der Waals surface area contributed by atoms with E-state index >= 15 is 0 Å². The lowest BCUT2D eigenvalue weighted by molar-refractivity contribution is 0.212. The van der Waals surface area contributed by atoms with Crippen molar-refractivity contribution in [3.63, 3.8) is 0 Å². The molecule has 2 nitrogen and oxygen atoms in total. The van der Waals surface area contributed by atoms with Crippen molar-refractivity contribution in [2.45, 2.75) is 58.4 Å². The Balaban J connectivity index is 2.36. The van der Waals surface area contributed by atoms with E-state index < -0.39 is 0 Å². The Hall–Kier alpha value is -0.0800. The first kappa shape index (κ1) is 13.0. The molecule has 2 heteroatoms. The third kappa shape index (κ3) is 4.52. The molecule has 0 bridgehead atoms. The van der Waals surface area contributed by atoms with Gasteiger partial charge in [0.25, 0.3) is 0 Å². The second-order valence-electron chi connectivity index (χ2n) is 5.87. The van der Waals surface area contributed by atoms with E-state index in [1.54, 1.807) is 0 Å². The van der Waals surface area contributed by atoms with Crippen molar-refractivity contribution >= 4 is 0 Å². The third-order valence-electron chi connectivity index (χ3n) is 3.88. The molecule has 0 amide bonds. The molecule has 15 heavy (non-hydrogen) atoms. The number of rotatable bonds is 4. The SMILES string of the molecule is CN(CCCN)C1CCCC(C)(C)CC1. The minimum atomic E-state index is 0.573. The topological polar surface area (TPSA) is 29.3 Å². The second-order valence-corrected chi connectivity index (χ2v) is 5.87. The average molecular weight is 212 g/mol. The van der Waals surface area contributed by atoms with Gasteiger partial charge in [0, 0.05) is 6.04 Å². The van der Waals surface area contributed by atoms with Crippen molar-refractivity contribution < 1.29 is 0 Å². The van der Waals surface area contributed by atoms with Gasteiger partial charge in [0.2, 0.25) is 0 Å². The monoisotopic (exact) mass is 212 g/mol. The zero-order valence-corrected chi connectivity index (χ0v) is 10.8. The van der Waals surface area contributed by atoms with Crippen LogP contribution in [0.1, 0.15) is 52.4 Å². The molecule has 1 atom stereocenters. The predicted octanol–water partition coefficient (Wildman–Crippen LogP) is 2.63. The Morgan fingerprint density at radius 2 is 2.00 bits per heavy atom. The third-order valence-corrected chi connectivity index (χ3v) is 3.88. The lowest BCUT2D eigenvalue weighted by Gasteiger charge is -2.27. The van der Waals surface area contributed by atoms with Crippen LogP contribution >= 0.6 is 0 Å². The molecule has 0 aromatic rings. The van der Waals surface area contributed by atoms with Gasteiger partial charge in [-0.2, -0.15) is 0 Å². The molecule has 1 saturated carbocycles. The highest BCUT2D eigenvalue weighted by Crippen LogP contribution is 2.34. The van der Waals surface area contributed by atoms with Crippen molar-refractivity contribution in [2.24, 2.45) is 11.1 Å². The summed E-state index contributed by atoms with van der Waals surface area (Å²) in [6, 6.07) is 0.804. The molecular formula is C13H28N2. The lowest BCUT2D eigenvalue weighted by Crippen LogP contribution is -2.33. The van der Waals surface area contributed by atoms with Crippen LogP contribution in [0.3, 0.4) is 0 Å². The second kappa shape index (κ2) is 5.86. The summed E-state index contributed by atoms with van der Waals surface area (Å²) >= 11 is 0. The van der Waals surface area contributed by atoms with Crippen molar-refractivity contribution in [3.05, 3.63) is 0 Å². The van der Waals surface area contributed by atoms with Gasteiger partial charge in [-0.3, -0.25) is 0 Å². The normalized spacial score (nSPS) is 26.6. The zero-order chi connectivity index (χ0) is 11.3. The summed E-state index contributed by atoms with van der Waals surface area (Å²) in [6.07, 6.45) is 8.05. The Morgan fingerprint density at radius 1 is 1.27 bits per heavy atom. The maximum atomic E-state index is 5.55. The van der Waals surface area contributed by atoms with Crippen LogP contribution in [0.4, 0.5) is 0 Å². The quantitative estimate of drug-likeness (QED) is 0.726. The number of hydrogen-bond donors (Lipinski definition) is 1. The van der Waals surface area contributed by atoms with Crippen molar-refractivity contribution in [2.75, 3.05) is 20.1 Å². The molecule has 0 aromatic carbocycles. The standard InChI is InChI=1S/C13H28N2/c1-13(2)8-4-6-12(7-9-13)15(3)11-5-10-14/h12H,4-11,14H2,1-3H3. The fourth-order valence-corrected chi connectivity index (χ4v) is 2.61. The van der Waals surface area contributed by atoms with Gasteiger partial charge in [-0.1, -0.05) is 20.3 Å². The molecule has 1 aliphatic carbocycles. The highest BCUT2D eigenvalue weighted by molar-refractivity contribution is 4.80. The smallest absolute Gasteiger partial charge is 0.00924 e. The molecule has 1 unspecified atom stereocenters. The Morgan fingerprint density at radius 3 is 2.67 bits per heavy atom. The fraction of sp³-hybridized carbons (Fsp3) is 1.00. The summed E-state index contributed by atoms with van der Waals surface area (Å²) in [5.74, 6) is 0. The van der Waals surface area contributed by atoms with Crippen LogP contribution in [0.2, 0.25) is 0 Å². The first-order valence-electron chi connectivity index (χ1n) is 6.45. The summed E-state index contributed by atoms with van der Waals surface area (Å²) < 4.78 is 0. The van der Waals surface area contributed by atoms with E-state index in [9.17, 15) is 0 Å². The largest absolute Gasteiger partial charge is 0.330 e. The molecule has 0 spiro atoms. The molecule has 0 aromatic heterocycles. The number of nitrogens with two attached hydrogens (primary N) is 1. The first-order chi connectivity index (χ1) is 7.05. The van der Waals surface area contributed by atoms with Gasteiger partial charge in [-0.25, -0.2) is 0 Å². The van der Waals surface area contributed by atoms with Crippen LogP contribution in [0, 0.1) is 5.41 Å². The minimum Gasteiger partial charge on any atom is -0.330 e. The molecule has 1 aliphatic rings. The Labute approximate surface area is 95.2 Å². The van der Waals surface area contributed by atoms with Crippen LogP contribution < -0.4 is 5.73 Å². The summed E-state index contributed by atoms with van der Waals surface area (Å²) in [6.45, 7) is 6.81. The van der Waals surface area contributed by atoms with E-state index in [-0.39, 0.29) is 0 Å². The van der Waals surface area contributed by atoms with Crippen LogP contribution in [0.5, 0.6) is 0 Å². The van der Waals surface area contributed by atoms with Crippen molar-refractivity contribution in [3.8, 4) is 0 Å². The predicted molar refractivity (Wildman–Crippen MR) is 67.0 cm³/mol. The molecule has 1 rings (SSSR count). The zero-order valence-electron chi connectivity index (χ0n) is 10.8. The van der Waals surface area contributed by atoms with E-state index in [4.69, 9.17) is 5.73 Å². The van der Waals surface area contributed by atoms with E-state index in [0.717, 1.165) is 19.0 Å². The molecule has 0 radical (unpaired) electrons. The maximum absolute atomic E-state index is 5.55. The van der Waals surface area contributed by atoms with Crippen LogP contribution in [0.25, 0.3) is 0 Å². The molecule has 90 valence electrons. The Bertz CT molecular complexity index is 177. The van der Waals surface area contributed by atoms with Crippen LogP contribution in [-0.2, 0) is 0 Å². The highest BCUT2D eigenvalue weighted by Gasteiger charge is 2.25. The molecule has 0 saturated heterocycles. The number of nitrogens with zero attached hydrogens (tertiary/aromatic N) is 1. The van der Waals surface area contributed by atoms with E-state index in [2.05, 4.69) is 25.8 Å². The Kier molecular flexibility index (Phi) is 5.07.